The largest absolute Gasteiger partial charge is 0.506 e. The van der Waals surface area contributed by atoms with Crippen molar-refractivity contribution in [1.29, 1.82) is 0 Å². The molecule has 0 aliphatic carbocycles. The first-order valence-corrected chi connectivity index (χ1v) is 7.77. The second-order valence-electron chi connectivity index (χ2n) is 4.57. The lowest BCUT2D eigenvalue weighted by Crippen LogP contribution is -2.14. The quantitative estimate of drug-likeness (QED) is 0.633. The maximum absolute atomic E-state index is 12.2. The van der Waals surface area contributed by atoms with Crippen LogP contribution in [0.5, 0.6) is 5.75 Å². The van der Waals surface area contributed by atoms with Gasteiger partial charge in [-0.1, -0.05) is 6.07 Å². The third-order valence-corrected chi connectivity index (χ3v) is 4.35. The van der Waals surface area contributed by atoms with E-state index in [1.165, 1.54) is 36.5 Å². The average molecular weight is 316 g/mol. The van der Waals surface area contributed by atoms with Crippen molar-refractivity contribution in [2.45, 2.75) is 4.90 Å². The Bertz CT molecular complexity index is 940. The van der Waals surface area contributed by atoms with Gasteiger partial charge in [-0.25, -0.2) is 18.4 Å². The fourth-order valence-corrected chi connectivity index (χ4v) is 2.90. The predicted molar refractivity (Wildman–Crippen MR) is 82.9 cm³/mol. The van der Waals surface area contributed by atoms with Gasteiger partial charge in [0.1, 0.15) is 11.3 Å². The number of phenols is 1. The van der Waals surface area contributed by atoms with E-state index in [9.17, 15) is 13.5 Å². The van der Waals surface area contributed by atoms with Crippen LogP contribution in [-0.2, 0) is 10.0 Å². The number of nitrogens with one attached hydrogen (secondary N) is 1. The summed E-state index contributed by atoms with van der Waals surface area (Å²) in [4.78, 5) is 8.21. The van der Waals surface area contributed by atoms with Gasteiger partial charge in [0.05, 0.1) is 16.6 Å². The van der Waals surface area contributed by atoms with Crippen molar-refractivity contribution in [3.8, 4) is 5.75 Å². The van der Waals surface area contributed by atoms with Crippen LogP contribution in [0.25, 0.3) is 11.0 Å². The van der Waals surface area contributed by atoms with E-state index in [4.69, 9.17) is 5.73 Å². The summed E-state index contributed by atoms with van der Waals surface area (Å²) < 4.78 is 26.8. The molecule has 0 amide bonds. The minimum absolute atomic E-state index is 0.0158. The van der Waals surface area contributed by atoms with Crippen molar-refractivity contribution in [2.24, 2.45) is 0 Å². The molecule has 0 aliphatic rings. The lowest BCUT2D eigenvalue weighted by molar-refractivity contribution is 0.480. The molecule has 3 rings (SSSR count). The van der Waals surface area contributed by atoms with Crippen LogP contribution >= 0.6 is 0 Å². The molecule has 1 heterocycles. The molecule has 7 nitrogen and oxygen atoms in total. The maximum Gasteiger partial charge on any atom is 0.263 e. The number of nitrogen functional groups attached to an aromatic ring is 1. The van der Waals surface area contributed by atoms with Crippen molar-refractivity contribution in [3.05, 3.63) is 48.7 Å². The van der Waals surface area contributed by atoms with Crippen molar-refractivity contribution in [2.75, 3.05) is 10.5 Å². The summed E-state index contributed by atoms with van der Waals surface area (Å²) in [5, 5.41) is 9.65. The molecular formula is C14H12N4O3S. The Morgan fingerprint density at radius 1 is 1.09 bits per heavy atom. The monoisotopic (exact) mass is 316 g/mol. The number of nitrogens with two attached hydrogens (primary N) is 1. The molecule has 8 heteroatoms. The maximum atomic E-state index is 12.2. The molecule has 112 valence electrons. The van der Waals surface area contributed by atoms with Gasteiger partial charge in [-0.15, -0.1) is 0 Å². The Labute approximate surface area is 126 Å². The van der Waals surface area contributed by atoms with Crippen molar-refractivity contribution in [1.82, 2.24) is 9.97 Å². The Kier molecular flexibility index (Phi) is 3.30. The third kappa shape index (κ3) is 2.63. The number of benzene rings is 2. The van der Waals surface area contributed by atoms with Crippen molar-refractivity contribution in [3.63, 3.8) is 0 Å². The highest BCUT2D eigenvalue weighted by atomic mass is 32.2. The summed E-state index contributed by atoms with van der Waals surface area (Å²) in [6.45, 7) is 0. The minimum Gasteiger partial charge on any atom is -0.506 e. The first kappa shape index (κ1) is 14.1. The van der Waals surface area contributed by atoms with Gasteiger partial charge in [0.25, 0.3) is 10.0 Å². The van der Waals surface area contributed by atoms with Crippen LogP contribution < -0.4 is 10.5 Å². The normalized spacial score (nSPS) is 11.5. The van der Waals surface area contributed by atoms with E-state index in [1.54, 1.807) is 12.1 Å². The van der Waals surface area contributed by atoms with E-state index in [-0.39, 0.29) is 16.5 Å². The standard InChI is InChI=1S/C14H12N4O3S/c15-9-4-6-10(7-5-9)22(20,21)18-13-8-16-14-11(17-13)2-1-3-12(14)19/h1-8,19H,15H2,(H,17,18). The zero-order valence-corrected chi connectivity index (χ0v) is 12.1. The molecule has 0 saturated heterocycles. The number of anilines is 2. The number of phenolic OH excluding ortho intramolecular Hbond substituents is 1. The molecule has 0 unspecified atom stereocenters. The molecule has 0 radical (unpaired) electrons. The summed E-state index contributed by atoms with van der Waals surface area (Å²) in [5.41, 5.74) is 6.70. The Balaban J connectivity index is 1.97. The van der Waals surface area contributed by atoms with E-state index < -0.39 is 10.0 Å². The number of nitrogens with zero attached hydrogens (tertiary/aromatic N) is 2. The molecule has 0 aliphatic heterocycles. The van der Waals surface area contributed by atoms with Gasteiger partial charge in [0.2, 0.25) is 0 Å². The molecule has 0 bridgehead atoms. The van der Waals surface area contributed by atoms with Crippen molar-refractivity contribution < 1.29 is 13.5 Å². The number of aromatic hydroxyl groups is 1. The molecule has 0 saturated carbocycles. The van der Waals surface area contributed by atoms with Gasteiger partial charge in [-0.2, -0.15) is 0 Å². The summed E-state index contributed by atoms with van der Waals surface area (Å²) in [6, 6.07) is 10.5. The van der Waals surface area contributed by atoms with E-state index in [0.29, 0.717) is 16.7 Å². The third-order valence-electron chi connectivity index (χ3n) is 2.98. The van der Waals surface area contributed by atoms with Gasteiger partial charge >= 0.3 is 0 Å². The van der Waals surface area contributed by atoms with Gasteiger partial charge in [-0.3, -0.25) is 4.72 Å². The topological polar surface area (TPSA) is 118 Å². The molecule has 0 fully saturated rings. The SMILES string of the molecule is Nc1ccc(S(=O)(=O)Nc2cnc3c(O)cccc3n2)cc1. The van der Waals surface area contributed by atoms with Crippen LogP contribution in [-0.4, -0.2) is 23.5 Å². The summed E-state index contributed by atoms with van der Waals surface area (Å²) in [5.74, 6) is 0.0490. The predicted octanol–water partition coefficient (Wildman–Crippen LogP) is 1.72. The molecule has 22 heavy (non-hydrogen) atoms. The Hall–Kier alpha value is -2.87. The highest BCUT2D eigenvalue weighted by Gasteiger charge is 2.15. The molecule has 0 atom stereocenters. The number of fused-ring (bicyclic) bond motifs is 1. The van der Waals surface area contributed by atoms with E-state index in [0.717, 1.165) is 0 Å². The van der Waals surface area contributed by atoms with Crippen LogP contribution in [0.3, 0.4) is 0 Å². The summed E-state index contributed by atoms with van der Waals surface area (Å²) >= 11 is 0. The Morgan fingerprint density at radius 2 is 1.82 bits per heavy atom. The second kappa shape index (κ2) is 5.15. The number of rotatable bonds is 3. The number of hydrogen-bond acceptors (Lipinski definition) is 6. The average Bonchev–Trinajstić information content (AvgIpc) is 2.47. The van der Waals surface area contributed by atoms with E-state index >= 15 is 0 Å². The molecule has 2 aromatic carbocycles. The second-order valence-corrected chi connectivity index (χ2v) is 6.26. The molecule has 1 aromatic heterocycles. The zero-order valence-electron chi connectivity index (χ0n) is 11.3. The van der Waals surface area contributed by atoms with Gasteiger partial charge in [0, 0.05) is 5.69 Å². The number of sulfonamides is 1. The highest BCUT2D eigenvalue weighted by Crippen LogP contribution is 2.22. The zero-order chi connectivity index (χ0) is 15.7. The first-order chi connectivity index (χ1) is 10.5. The lowest BCUT2D eigenvalue weighted by atomic mass is 10.3. The van der Waals surface area contributed by atoms with E-state index in [1.807, 2.05) is 0 Å². The number of hydrogen-bond donors (Lipinski definition) is 3. The lowest BCUT2D eigenvalue weighted by Gasteiger charge is -2.08. The number of para-hydroxylation sites is 1. The molecule has 4 N–H and O–H groups in total. The van der Waals surface area contributed by atoms with Crippen LogP contribution in [0.1, 0.15) is 0 Å². The minimum atomic E-state index is -3.78. The molecular weight excluding hydrogens is 304 g/mol. The summed E-state index contributed by atoms with van der Waals surface area (Å²) in [7, 11) is -3.78. The molecule has 0 spiro atoms. The fourth-order valence-electron chi connectivity index (χ4n) is 1.92. The van der Waals surface area contributed by atoms with Crippen molar-refractivity contribution >= 4 is 32.6 Å². The van der Waals surface area contributed by atoms with Crippen LogP contribution in [0.4, 0.5) is 11.5 Å². The van der Waals surface area contributed by atoms with E-state index in [2.05, 4.69) is 14.7 Å². The Morgan fingerprint density at radius 3 is 2.55 bits per heavy atom. The molecule has 3 aromatic rings. The fraction of sp³-hybridized carbons (Fsp3) is 0. The number of aromatic nitrogens is 2. The van der Waals surface area contributed by atoms with Gasteiger partial charge < -0.3 is 10.8 Å². The summed E-state index contributed by atoms with van der Waals surface area (Å²) in [6.07, 6.45) is 1.25. The highest BCUT2D eigenvalue weighted by molar-refractivity contribution is 7.92. The van der Waals surface area contributed by atoms with Crippen LogP contribution in [0.2, 0.25) is 0 Å². The first-order valence-electron chi connectivity index (χ1n) is 6.29. The van der Waals surface area contributed by atoms with Gasteiger partial charge in [0.15, 0.2) is 5.82 Å². The van der Waals surface area contributed by atoms with Gasteiger partial charge in [-0.05, 0) is 36.4 Å². The van der Waals surface area contributed by atoms with Crippen LogP contribution in [0, 0.1) is 0 Å². The smallest absolute Gasteiger partial charge is 0.263 e. The van der Waals surface area contributed by atoms with Crippen LogP contribution in [0.15, 0.2) is 53.6 Å².